The fourth-order valence-corrected chi connectivity index (χ4v) is 3.37. The highest BCUT2D eigenvalue weighted by Gasteiger charge is 2.27. The first-order chi connectivity index (χ1) is 14.0. The first-order valence-electron chi connectivity index (χ1n) is 8.78. The lowest BCUT2D eigenvalue weighted by atomic mass is 10.00. The summed E-state index contributed by atoms with van der Waals surface area (Å²) in [5, 5.41) is 15.5. The molecule has 0 saturated carbocycles. The number of aromatic amines is 1. The summed E-state index contributed by atoms with van der Waals surface area (Å²) in [6, 6.07) is 13.6. The number of ether oxygens (including phenoxy) is 1. The van der Waals surface area contributed by atoms with Crippen LogP contribution in [0.1, 0.15) is 23.6 Å². The lowest BCUT2D eigenvalue weighted by Crippen LogP contribution is -2.33. The maximum atomic E-state index is 12.4. The maximum Gasteiger partial charge on any atom is 0.335 e. The SMILES string of the molecule is COc1ccc([C@@H]2CC(c3c(O)n(-c4ccc(Cl)cc4)c(=O)[nH]c3=O)=NN2)cc1. The average Bonchev–Trinajstić information content (AvgIpc) is 3.19. The first-order valence-corrected chi connectivity index (χ1v) is 9.16. The van der Waals surface area contributed by atoms with Gasteiger partial charge >= 0.3 is 5.69 Å². The predicted molar refractivity (Wildman–Crippen MR) is 109 cm³/mol. The highest BCUT2D eigenvalue weighted by atomic mass is 35.5. The highest BCUT2D eigenvalue weighted by Crippen LogP contribution is 2.28. The molecule has 2 heterocycles. The summed E-state index contributed by atoms with van der Waals surface area (Å²) in [5.74, 6) is 0.258. The van der Waals surface area contributed by atoms with E-state index in [1.807, 2.05) is 24.3 Å². The van der Waals surface area contributed by atoms with E-state index in [1.54, 1.807) is 31.4 Å². The minimum Gasteiger partial charge on any atom is -0.497 e. The summed E-state index contributed by atoms with van der Waals surface area (Å²) in [5.41, 5.74) is 3.14. The van der Waals surface area contributed by atoms with Crippen LogP contribution in [-0.4, -0.2) is 27.5 Å². The van der Waals surface area contributed by atoms with E-state index in [4.69, 9.17) is 16.3 Å². The zero-order valence-corrected chi connectivity index (χ0v) is 16.1. The molecular formula is C20H17ClN4O4. The van der Waals surface area contributed by atoms with Gasteiger partial charge in [0.25, 0.3) is 5.56 Å². The number of nitrogens with one attached hydrogen (secondary N) is 2. The van der Waals surface area contributed by atoms with E-state index in [-0.39, 0.29) is 11.6 Å². The van der Waals surface area contributed by atoms with Crippen LogP contribution in [0.3, 0.4) is 0 Å². The van der Waals surface area contributed by atoms with Gasteiger partial charge in [-0.3, -0.25) is 9.78 Å². The first kappa shape index (κ1) is 18.8. The summed E-state index contributed by atoms with van der Waals surface area (Å²) in [7, 11) is 1.59. The smallest absolute Gasteiger partial charge is 0.335 e. The fraction of sp³-hybridized carbons (Fsp3) is 0.150. The Bertz CT molecular complexity index is 1200. The number of hydrazone groups is 1. The van der Waals surface area contributed by atoms with Crippen LogP contribution < -0.4 is 21.4 Å². The molecule has 4 rings (SSSR count). The van der Waals surface area contributed by atoms with E-state index >= 15 is 0 Å². The minimum atomic E-state index is -0.753. The van der Waals surface area contributed by atoms with Crippen molar-refractivity contribution in [2.24, 2.45) is 5.10 Å². The zero-order valence-electron chi connectivity index (χ0n) is 15.3. The van der Waals surface area contributed by atoms with Gasteiger partial charge in [0.15, 0.2) is 0 Å². The Morgan fingerprint density at radius 1 is 1.14 bits per heavy atom. The normalized spacial score (nSPS) is 15.7. The van der Waals surface area contributed by atoms with Gasteiger partial charge < -0.3 is 15.3 Å². The van der Waals surface area contributed by atoms with Crippen LogP contribution in [0.15, 0.2) is 63.2 Å². The Morgan fingerprint density at radius 2 is 1.83 bits per heavy atom. The number of H-pyrrole nitrogens is 1. The van der Waals surface area contributed by atoms with Crippen molar-refractivity contribution in [3.63, 3.8) is 0 Å². The molecule has 0 spiro atoms. The van der Waals surface area contributed by atoms with Crippen LogP contribution in [0, 0.1) is 0 Å². The van der Waals surface area contributed by atoms with Gasteiger partial charge in [0, 0.05) is 11.4 Å². The zero-order chi connectivity index (χ0) is 20.5. The van der Waals surface area contributed by atoms with Crippen LogP contribution in [0.5, 0.6) is 11.6 Å². The van der Waals surface area contributed by atoms with Crippen molar-refractivity contribution in [3.05, 3.63) is 85.5 Å². The molecular weight excluding hydrogens is 396 g/mol. The predicted octanol–water partition coefficient (Wildman–Crippen LogP) is 2.33. The van der Waals surface area contributed by atoms with Crippen molar-refractivity contribution in [2.75, 3.05) is 7.11 Å². The van der Waals surface area contributed by atoms with E-state index in [9.17, 15) is 14.7 Å². The average molecular weight is 413 g/mol. The number of rotatable bonds is 4. The molecule has 8 nitrogen and oxygen atoms in total. The molecule has 9 heteroatoms. The van der Waals surface area contributed by atoms with Gasteiger partial charge in [0.05, 0.1) is 24.6 Å². The lowest BCUT2D eigenvalue weighted by Gasteiger charge is -2.12. The van der Waals surface area contributed by atoms with Crippen LogP contribution >= 0.6 is 11.6 Å². The topological polar surface area (TPSA) is 109 Å². The van der Waals surface area contributed by atoms with E-state index in [0.717, 1.165) is 15.9 Å². The van der Waals surface area contributed by atoms with Crippen molar-refractivity contribution in [3.8, 4) is 17.3 Å². The van der Waals surface area contributed by atoms with E-state index in [0.29, 0.717) is 22.8 Å². The molecule has 3 N–H and O–H groups in total. The second-order valence-electron chi connectivity index (χ2n) is 6.49. The van der Waals surface area contributed by atoms with Gasteiger partial charge in [-0.25, -0.2) is 9.36 Å². The molecule has 1 aliphatic rings. The number of nitrogens with zero attached hydrogens (tertiary/aromatic N) is 2. The summed E-state index contributed by atoms with van der Waals surface area (Å²) in [4.78, 5) is 27.0. The van der Waals surface area contributed by atoms with E-state index < -0.39 is 17.1 Å². The Labute approximate surface area is 170 Å². The third-order valence-electron chi connectivity index (χ3n) is 4.73. The molecule has 0 bridgehead atoms. The van der Waals surface area contributed by atoms with E-state index in [2.05, 4.69) is 15.5 Å². The maximum absolute atomic E-state index is 12.4. The molecule has 0 fully saturated rings. The Kier molecular flexibility index (Phi) is 4.85. The van der Waals surface area contributed by atoms with Crippen LogP contribution in [0.2, 0.25) is 5.02 Å². The third kappa shape index (κ3) is 3.50. The van der Waals surface area contributed by atoms with Crippen molar-refractivity contribution >= 4 is 17.3 Å². The summed E-state index contributed by atoms with van der Waals surface area (Å²) in [6.07, 6.45) is 0.363. The molecule has 29 heavy (non-hydrogen) atoms. The summed E-state index contributed by atoms with van der Waals surface area (Å²) >= 11 is 5.89. The molecule has 148 valence electrons. The number of hydrogen-bond acceptors (Lipinski definition) is 6. The molecule has 1 aromatic heterocycles. The molecule has 1 aliphatic heterocycles. The molecule has 0 aliphatic carbocycles. The molecule has 3 aromatic rings. The molecule has 0 saturated heterocycles. The van der Waals surface area contributed by atoms with Gasteiger partial charge in [-0.05, 0) is 42.0 Å². The van der Waals surface area contributed by atoms with Gasteiger partial charge in [0.2, 0.25) is 5.88 Å². The van der Waals surface area contributed by atoms with Crippen LogP contribution in [-0.2, 0) is 0 Å². The number of halogens is 1. The second-order valence-corrected chi connectivity index (χ2v) is 6.92. The molecule has 0 unspecified atom stereocenters. The Hall–Kier alpha value is -3.52. The lowest BCUT2D eigenvalue weighted by molar-refractivity contribution is 0.414. The Balaban J connectivity index is 1.70. The summed E-state index contributed by atoms with van der Waals surface area (Å²) < 4.78 is 6.17. The van der Waals surface area contributed by atoms with Crippen molar-refractivity contribution < 1.29 is 9.84 Å². The number of benzene rings is 2. The van der Waals surface area contributed by atoms with Gasteiger partial charge in [-0.1, -0.05) is 23.7 Å². The monoisotopic (exact) mass is 412 g/mol. The van der Waals surface area contributed by atoms with Gasteiger partial charge in [-0.15, -0.1) is 0 Å². The highest BCUT2D eigenvalue weighted by molar-refractivity contribution is 6.30. The standard InChI is InChI=1S/C20H17ClN4O4/c1-29-14-8-2-11(3-9-14)15-10-16(24-23-15)17-18(26)22-20(28)25(19(17)27)13-6-4-12(21)5-7-13/h2-9,15,23,27H,10H2,1H3,(H,22,26,28)/t15-/m0/s1. The molecule has 2 aromatic carbocycles. The second kappa shape index (κ2) is 7.48. The largest absolute Gasteiger partial charge is 0.497 e. The number of aromatic nitrogens is 2. The number of hydrogen-bond donors (Lipinski definition) is 3. The van der Waals surface area contributed by atoms with Crippen molar-refractivity contribution in [1.29, 1.82) is 0 Å². The van der Waals surface area contributed by atoms with Crippen LogP contribution in [0.4, 0.5) is 0 Å². The Morgan fingerprint density at radius 3 is 2.48 bits per heavy atom. The minimum absolute atomic E-state index is 0.0527. The summed E-state index contributed by atoms with van der Waals surface area (Å²) in [6.45, 7) is 0. The van der Waals surface area contributed by atoms with Gasteiger partial charge in [0.1, 0.15) is 11.3 Å². The third-order valence-corrected chi connectivity index (χ3v) is 4.98. The molecule has 1 atom stereocenters. The number of aromatic hydroxyl groups is 1. The van der Waals surface area contributed by atoms with Crippen LogP contribution in [0.25, 0.3) is 5.69 Å². The number of methoxy groups -OCH3 is 1. The molecule has 0 radical (unpaired) electrons. The van der Waals surface area contributed by atoms with Crippen molar-refractivity contribution in [1.82, 2.24) is 15.0 Å². The quantitative estimate of drug-likeness (QED) is 0.609. The molecule has 0 amide bonds. The van der Waals surface area contributed by atoms with Crippen molar-refractivity contribution in [2.45, 2.75) is 12.5 Å². The fourth-order valence-electron chi connectivity index (χ4n) is 3.24. The van der Waals surface area contributed by atoms with E-state index in [1.165, 1.54) is 0 Å². The van der Waals surface area contributed by atoms with Gasteiger partial charge in [-0.2, -0.15) is 5.10 Å².